The van der Waals surface area contributed by atoms with E-state index in [1.807, 2.05) is 0 Å². The Bertz CT molecular complexity index is 882. The molecule has 1 aliphatic rings. The number of benzene rings is 1. The van der Waals surface area contributed by atoms with Crippen LogP contribution in [0.25, 0.3) is 11.3 Å². The molecular weight excluding hydrogens is 268 g/mol. The molecule has 2 heterocycles. The molecule has 0 atom stereocenters. The SMILES string of the molecule is O=C1c2ccccc2C(=O)c2c(-c3cccnc3)noc21. The molecule has 1 aromatic carbocycles. The predicted molar refractivity (Wildman–Crippen MR) is 73.0 cm³/mol. The van der Waals surface area contributed by atoms with Gasteiger partial charge in [-0.15, -0.1) is 0 Å². The summed E-state index contributed by atoms with van der Waals surface area (Å²) in [4.78, 5) is 29.0. The van der Waals surface area contributed by atoms with Crippen molar-refractivity contribution < 1.29 is 14.1 Å². The monoisotopic (exact) mass is 276 g/mol. The van der Waals surface area contributed by atoms with Gasteiger partial charge in [0, 0.05) is 29.1 Å². The van der Waals surface area contributed by atoms with Crippen molar-refractivity contribution in [3.8, 4) is 11.3 Å². The molecule has 0 saturated carbocycles. The highest BCUT2D eigenvalue weighted by Crippen LogP contribution is 2.33. The van der Waals surface area contributed by atoms with Gasteiger partial charge in [0.2, 0.25) is 11.5 Å². The van der Waals surface area contributed by atoms with Gasteiger partial charge < -0.3 is 4.52 Å². The molecule has 0 unspecified atom stereocenters. The molecule has 5 nitrogen and oxygen atoms in total. The zero-order chi connectivity index (χ0) is 14.4. The number of nitrogens with zero attached hydrogens (tertiary/aromatic N) is 2. The number of ketones is 2. The second-order valence-electron chi connectivity index (χ2n) is 4.68. The van der Waals surface area contributed by atoms with Crippen molar-refractivity contribution in [2.24, 2.45) is 0 Å². The lowest BCUT2D eigenvalue weighted by atomic mass is 9.86. The molecule has 0 spiro atoms. The first-order valence-corrected chi connectivity index (χ1v) is 6.36. The van der Waals surface area contributed by atoms with Crippen molar-refractivity contribution in [1.82, 2.24) is 10.1 Å². The summed E-state index contributed by atoms with van der Waals surface area (Å²) >= 11 is 0. The Balaban J connectivity index is 1.98. The number of hydrogen-bond donors (Lipinski definition) is 0. The van der Waals surface area contributed by atoms with Crippen molar-refractivity contribution in [2.75, 3.05) is 0 Å². The third-order valence-electron chi connectivity index (χ3n) is 3.48. The number of carbonyl (C=O) groups excluding carboxylic acids is 2. The molecule has 1 aliphatic carbocycles. The van der Waals surface area contributed by atoms with Crippen molar-refractivity contribution in [3.63, 3.8) is 0 Å². The second-order valence-corrected chi connectivity index (χ2v) is 4.68. The van der Waals surface area contributed by atoms with Crippen LogP contribution in [0.5, 0.6) is 0 Å². The average molecular weight is 276 g/mol. The van der Waals surface area contributed by atoms with E-state index in [1.165, 1.54) is 0 Å². The van der Waals surface area contributed by atoms with Crippen molar-refractivity contribution in [2.45, 2.75) is 0 Å². The molecule has 0 saturated heterocycles. The number of aromatic nitrogens is 2. The molecule has 3 aromatic rings. The Morgan fingerprint density at radius 2 is 1.67 bits per heavy atom. The third-order valence-corrected chi connectivity index (χ3v) is 3.48. The lowest BCUT2D eigenvalue weighted by molar-refractivity contribution is 0.0955. The van der Waals surface area contributed by atoms with Crippen molar-refractivity contribution in [3.05, 3.63) is 71.2 Å². The first-order valence-electron chi connectivity index (χ1n) is 6.36. The Labute approximate surface area is 119 Å². The van der Waals surface area contributed by atoms with Crippen molar-refractivity contribution in [1.29, 1.82) is 0 Å². The van der Waals surface area contributed by atoms with E-state index >= 15 is 0 Å². The van der Waals surface area contributed by atoms with Gasteiger partial charge in [-0.25, -0.2) is 0 Å². The van der Waals surface area contributed by atoms with E-state index in [0.29, 0.717) is 22.4 Å². The minimum absolute atomic E-state index is 0.00227. The van der Waals surface area contributed by atoms with Crippen LogP contribution in [0.3, 0.4) is 0 Å². The van der Waals surface area contributed by atoms with Gasteiger partial charge in [0.05, 0.1) is 0 Å². The van der Waals surface area contributed by atoms with Gasteiger partial charge in [-0.1, -0.05) is 29.4 Å². The van der Waals surface area contributed by atoms with E-state index in [0.717, 1.165) is 0 Å². The van der Waals surface area contributed by atoms with Crippen LogP contribution in [-0.2, 0) is 0 Å². The molecule has 0 fully saturated rings. The summed E-state index contributed by atoms with van der Waals surface area (Å²) in [6.45, 7) is 0. The molecule has 0 aliphatic heterocycles. The Kier molecular flexibility index (Phi) is 2.35. The highest BCUT2D eigenvalue weighted by atomic mass is 16.5. The Morgan fingerprint density at radius 3 is 2.38 bits per heavy atom. The maximum atomic E-state index is 12.6. The molecule has 2 aromatic heterocycles. The molecule has 5 heteroatoms. The van der Waals surface area contributed by atoms with E-state index in [4.69, 9.17) is 4.52 Å². The lowest BCUT2D eigenvalue weighted by Crippen LogP contribution is -2.19. The minimum Gasteiger partial charge on any atom is -0.351 e. The third kappa shape index (κ3) is 1.57. The van der Waals surface area contributed by atoms with Crippen LogP contribution in [0.4, 0.5) is 0 Å². The molecule has 0 radical (unpaired) electrons. The molecular formula is C16H8N2O3. The standard InChI is InChI=1S/C16H8N2O3/c19-14-10-5-1-2-6-11(10)15(20)16-12(14)13(18-21-16)9-4-3-7-17-8-9/h1-8H. The summed E-state index contributed by atoms with van der Waals surface area (Å²) in [6, 6.07) is 10.2. The van der Waals surface area contributed by atoms with Gasteiger partial charge in [-0.2, -0.15) is 0 Å². The van der Waals surface area contributed by atoms with Gasteiger partial charge in [0.15, 0.2) is 5.78 Å². The summed E-state index contributed by atoms with van der Waals surface area (Å²) in [5, 5.41) is 3.90. The number of rotatable bonds is 1. The second kappa shape index (κ2) is 4.21. The molecule has 0 bridgehead atoms. The number of carbonyl (C=O) groups is 2. The summed E-state index contributed by atoms with van der Waals surface area (Å²) in [7, 11) is 0. The number of hydrogen-bond acceptors (Lipinski definition) is 5. The molecule has 4 rings (SSSR count). The first-order chi connectivity index (χ1) is 10.3. The van der Waals surface area contributed by atoms with Gasteiger partial charge in [-0.05, 0) is 12.1 Å². The fourth-order valence-electron chi connectivity index (χ4n) is 2.49. The Hall–Kier alpha value is -3.08. The number of fused-ring (bicyclic) bond motifs is 2. The topological polar surface area (TPSA) is 73.1 Å². The largest absolute Gasteiger partial charge is 0.351 e. The van der Waals surface area contributed by atoms with Gasteiger partial charge in [0.1, 0.15) is 11.3 Å². The van der Waals surface area contributed by atoms with E-state index in [2.05, 4.69) is 10.1 Å². The zero-order valence-corrected chi connectivity index (χ0v) is 10.7. The maximum absolute atomic E-state index is 12.6. The Morgan fingerprint density at radius 1 is 0.905 bits per heavy atom. The molecule has 21 heavy (non-hydrogen) atoms. The van der Waals surface area contributed by atoms with Crippen molar-refractivity contribution >= 4 is 11.6 Å². The number of pyridine rings is 1. The van der Waals surface area contributed by atoms with Crippen LogP contribution in [0.1, 0.15) is 32.0 Å². The fraction of sp³-hybridized carbons (Fsp3) is 0. The summed E-state index contributed by atoms with van der Waals surface area (Å²) < 4.78 is 5.13. The van der Waals surface area contributed by atoms with Gasteiger partial charge in [-0.3, -0.25) is 14.6 Å². The minimum atomic E-state index is -0.317. The smallest absolute Gasteiger partial charge is 0.232 e. The van der Waals surface area contributed by atoms with Gasteiger partial charge in [0.25, 0.3) is 0 Å². The van der Waals surface area contributed by atoms with Crippen LogP contribution in [0.15, 0.2) is 53.3 Å². The predicted octanol–water partition coefficient (Wildman–Crippen LogP) is 2.51. The highest BCUT2D eigenvalue weighted by molar-refractivity contribution is 6.29. The van der Waals surface area contributed by atoms with Crippen LogP contribution < -0.4 is 0 Å². The van der Waals surface area contributed by atoms with Gasteiger partial charge >= 0.3 is 0 Å². The van der Waals surface area contributed by atoms with E-state index in [-0.39, 0.29) is 22.9 Å². The normalized spacial score (nSPS) is 13.0. The quantitative estimate of drug-likeness (QED) is 0.534. The summed E-state index contributed by atoms with van der Waals surface area (Å²) in [5.74, 6) is -0.569. The zero-order valence-electron chi connectivity index (χ0n) is 10.7. The van der Waals surface area contributed by atoms with E-state index in [1.54, 1.807) is 48.8 Å². The van der Waals surface area contributed by atoms with E-state index < -0.39 is 0 Å². The van der Waals surface area contributed by atoms with E-state index in [9.17, 15) is 9.59 Å². The maximum Gasteiger partial charge on any atom is 0.232 e. The highest BCUT2D eigenvalue weighted by Gasteiger charge is 2.36. The summed E-state index contributed by atoms with van der Waals surface area (Å²) in [6.07, 6.45) is 3.20. The van der Waals surface area contributed by atoms with Crippen LogP contribution in [0, 0.1) is 0 Å². The summed E-state index contributed by atoms with van der Waals surface area (Å²) in [5.41, 5.74) is 1.94. The molecule has 0 N–H and O–H groups in total. The first kappa shape index (κ1) is 11.7. The van der Waals surface area contributed by atoms with Crippen LogP contribution in [-0.4, -0.2) is 21.7 Å². The van der Waals surface area contributed by atoms with Crippen LogP contribution >= 0.6 is 0 Å². The molecule has 0 amide bonds. The lowest BCUT2D eigenvalue weighted by Gasteiger charge is -2.12. The average Bonchev–Trinajstić information content (AvgIpc) is 2.99. The van der Waals surface area contributed by atoms with Crippen LogP contribution in [0.2, 0.25) is 0 Å². The molecule has 100 valence electrons. The fourth-order valence-corrected chi connectivity index (χ4v) is 2.49.